The molecule has 1 aliphatic rings. The van der Waals surface area contributed by atoms with Crippen molar-refractivity contribution in [2.45, 2.75) is 6.54 Å². The van der Waals surface area contributed by atoms with E-state index in [0.717, 1.165) is 50.1 Å². The quantitative estimate of drug-likeness (QED) is 0.671. The Morgan fingerprint density at radius 3 is 2.68 bits per heavy atom. The van der Waals surface area contributed by atoms with E-state index in [9.17, 15) is 0 Å². The van der Waals surface area contributed by atoms with Gasteiger partial charge in [-0.25, -0.2) is 0 Å². The first-order chi connectivity index (χ1) is 12.2. The van der Waals surface area contributed by atoms with E-state index in [4.69, 9.17) is 4.74 Å². The minimum absolute atomic E-state index is 0.721. The summed E-state index contributed by atoms with van der Waals surface area (Å²) in [5.74, 6) is 1.83. The lowest BCUT2D eigenvalue weighted by Crippen LogP contribution is -2.52. The van der Waals surface area contributed by atoms with Gasteiger partial charge in [-0.2, -0.15) is 5.10 Å². The summed E-state index contributed by atoms with van der Waals surface area (Å²) in [6.07, 6.45) is 1.81. The van der Waals surface area contributed by atoms with Crippen LogP contribution in [0.15, 0.2) is 41.5 Å². The van der Waals surface area contributed by atoms with Crippen molar-refractivity contribution in [1.29, 1.82) is 0 Å². The number of nitrogens with one attached hydrogen (secondary N) is 1. The Morgan fingerprint density at radius 2 is 2.04 bits per heavy atom. The number of piperazine rings is 1. The maximum atomic E-state index is 5.33. The van der Waals surface area contributed by atoms with Crippen LogP contribution in [0.1, 0.15) is 5.69 Å². The Balaban J connectivity index is 1.56. The maximum absolute atomic E-state index is 5.33. The normalized spacial score (nSPS) is 15.4. The van der Waals surface area contributed by atoms with E-state index in [1.807, 2.05) is 43.2 Å². The van der Waals surface area contributed by atoms with E-state index in [2.05, 4.69) is 37.3 Å². The van der Waals surface area contributed by atoms with Gasteiger partial charge in [0, 0.05) is 58.2 Å². The SMILES string of the molecule is CN=C(NCc1ccnn1C)N1CCN(c2cccc(OC)c2)CC1. The van der Waals surface area contributed by atoms with Crippen LogP contribution in [0.4, 0.5) is 5.69 Å². The number of ether oxygens (including phenoxy) is 1. The number of guanidine groups is 1. The molecule has 3 rings (SSSR count). The number of nitrogens with zero attached hydrogens (tertiary/aromatic N) is 5. The van der Waals surface area contributed by atoms with Gasteiger partial charge in [0.05, 0.1) is 19.3 Å². The summed E-state index contributed by atoms with van der Waals surface area (Å²) < 4.78 is 7.20. The van der Waals surface area contributed by atoms with Gasteiger partial charge in [-0.1, -0.05) is 6.07 Å². The number of rotatable bonds is 4. The van der Waals surface area contributed by atoms with Crippen LogP contribution in [0.25, 0.3) is 0 Å². The Labute approximate surface area is 148 Å². The van der Waals surface area contributed by atoms with Crippen molar-refractivity contribution in [1.82, 2.24) is 20.0 Å². The van der Waals surface area contributed by atoms with E-state index in [1.54, 1.807) is 7.11 Å². The van der Waals surface area contributed by atoms with E-state index in [1.165, 1.54) is 5.69 Å². The Hall–Kier alpha value is -2.70. The Morgan fingerprint density at radius 1 is 1.24 bits per heavy atom. The molecule has 1 saturated heterocycles. The number of aliphatic imine (C=N–C) groups is 1. The zero-order valence-corrected chi connectivity index (χ0v) is 15.1. The summed E-state index contributed by atoms with van der Waals surface area (Å²) in [5.41, 5.74) is 2.34. The van der Waals surface area contributed by atoms with Gasteiger partial charge < -0.3 is 19.9 Å². The summed E-state index contributed by atoms with van der Waals surface area (Å²) >= 11 is 0. The Bertz CT molecular complexity index is 718. The first-order valence-electron chi connectivity index (χ1n) is 8.52. The Kier molecular flexibility index (Phi) is 5.42. The van der Waals surface area contributed by atoms with Crippen molar-refractivity contribution >= 4 is 11.6 Å². The predicted octanol–water partition coefficient (Wildman–Crippen LogP) is 1.33. The molecule has 0 radical (unpaired) electrons. The van der Waals surface area contributed by atoms with Crippen molar-refractivity contribution in [3.8, 4) is 5.75 Å². The van der Waals surface area contributed by atoms with Crippen molar-refractivity contribution in [2.24, 2.45) is 12.0 Å². The summed E-state index contributed by atoms with van der Waals surface area (Å²) in [7, 11) is 5.49. The topological polar surface area (TPSA) is 57.9 Å². The minimum atomic E-state index is 0.721. The third kappa shape index (κ3) is 4.04. The maximum Gasteiger partial charge on any atom is 0.194 e. The van der Waals surface area contributed by atoms with Gasteiger partial charge in [-0.05, 0) is 18.2 Å². The fourth-order valence-electron chi connectivity index (χ4n) is 3.06. The average molecular weight is 342 g/mol. The molecule has 0 amide bonds. The average Bonchev–Trinajstić information content (AvgIpc) is 3.08. The number of anilines is 1. The number of hydrogen-bond acceptors (Lipinski definition) is 4. The standard InChI is InChI=1S/C18H26N6O/c1-19-18(20-14-16-7-8-21-22(16)2)24-11-9-23(10-12-24)15-5-4-6-17(13-15)25-3/h4-8,13H,9-12,14H2,1-3H3,(H,19,20). The second kappa shape index (κ2) is 7.92. The number of aromatic nitrogens is 2. The highest BCUT2D eigenvalue weighted by atomic mass is 16.5. The summed E-state index contributed by atoms with van der Waals surface area (Å²) in [6, 6.07) is 10.2. The third-order valence-electron chi connectivity index (χ3n) is 4.56. The van der Waals surface area contributed by atoms with Crippen molar-refractivity contribution in [2.75, 3.05) is 45.2 Å². The molecule has 0 aliphatic carbocycles. The second-order valence-electron chi connectivity index (χ2n) is 6.02. The van der Waals surface area contributed by atoms with Crippen LogP contribution in [0.5, 0.6) is 5.75 Å². The lowest BCUT2D eigenvalue weighted by Gasteiger charge is -2.37. The molecule has 0 saturated carbocycles. The highest BCUT2D eigenvalue weighted by Gasteiger charge is 2.20. The van der Waals surface area contributed by atoms with Crippen molar-refractivity contribution < 1.29 is 4.74 Å². The molecule has 7 nitrogen and oxygen atoms in total. The lowest BCUT2D eigenvalue weighted by atomic mass is 10.2. The van der Waals surface area contributed by atoms with Gasteiger partial charge in [-0.3, -0.25) is 9.67 Å². The summed E-state index contributed by atoms with van der Waals surface area (Å²) in [6.45, 7) is 4.50. The molecule has 7 heteroatoms. The van der Waals surface area contributed by atoms with Gasteiger partial charge in [0.25, 0.3) is 0 Å². The van der Waals surface area contributed by atoms with Gasteiger partial charge in [0.2, 0.25) is 0 Å². The number of benzene rings is 1. The summed E-state index contributed by atoms with van der Waals surface area (Å²) in [5, 5.41) is 7.63. The summed E-state index contributed by atoms with van der Waals surface area (Å²) in [4.78, 5) is 9.11. The fraction of sp³-hybridized carbons (Fsp3) is 0.444. The fourth-order valence-corrected chi connectivity index (χ4v) is 3.06. The molecule has 1 aromatic heterocycles. The first-order valence-corrected chi connectivity index (χ1v) is 8.52. The molecule has 0 spiro atoms. The molecule has 0 atom stereocenters. The molecular weight excluding hydrogens is 316 g/mol. The molecular formula is C18H26N6O. The zero-order chi connectivity index (χ0) is 17.6. The molecule has 1 aliphatic heterocycles. The highest BCUT2D eigenvalue weighted by Crippen LogP contribution is 2.22. The zero-order valence-electron chi connectivity index (χ0n) is 15.1. The molecule has 0 bridgehead atoms. The largest absolute Gasteiger partial charge is 0.497 e. The molecule has 25 heavy (non-hydrogen) atoms. The molecule has 134 valence electrons. The van der Waals surface area contributed by atoms with Crippen molar-refractivity contribution in [3.05, 3.63) is 42.2 Å². The van der Waals surface area contributed by atoms with Gasteiger partial charge >= 0.3 is 0 Å². The molecule has 1 aromatic carbocycles. The number of methoxy groups -OCH3 is 1. The molecule has 1 N–H and O–H groups in total. The number of hydrogen-bond donors (Lipinski definition) is 1. The van der Waals surface area contributed by atoms with Gasteiger partial charge in [0.1, 0.15) is 5.75 Å². The number of aryl methyl sites for hydroxylation is 1. The van der Waals surface area contributed by atoms with Crippen LogP contribution in [-0.2, 0) is 13.6 Å². The van der Waals surface area contributed by atoms with Crippen LogP contribution in [0.3, 0.4) is 0 Å². The van der Waals surface area contributed by atoms with Crippen LogP contribution in [0, 0.1) is 0 Å². The molecule has 2 aromatic rings. The van der Waals surface area contributed by atoms with Gasteiger partial charge in [0.15, 0.2) is 5.96 Å². The smallest absolute Gasteiger partial charge is 0.194 e. The van der Waals surface area contributed by atoms with E-state index < -0.39 is 0 Å². The van der Waals surface area contributed by atoms with E-state index in [-0.39, 0.29) is 0 Å². The molecule has 1 fully saturated rings. The lowest BCUT2D eigenvalue weighted by molar-refractivity contribution is 0.371. The van der Waals surface area contributed by atoms with Gasteiger partial charge in [-0.15, -0.1) is 0 Å². The van der Waals surface area contributed by atoms with Crippen LogP contribution in [-0.4, -0.2) is 61.0 Å². The third-order valence-corrected chi connectivity index (χ3v) is 4.56. The van der Waals surface area contributed by atoms with Crippen molar-refractivity contribution in [3.63, 3.8) is 0 Å². The second-order valence-corrected chi connectivity index (χ2v) is 6.02. The first kappa shape index (κ1) is 17.1. The highest BCUT2D eigenvalue weighted by molar-refractivity contribution is 5.80. The van der Waals surface area contributed by atoms with Crippen LogP contribution >= 0.6 is 0 Å². The van der Waals surface area contributed by atoms with Crippen LogP contribution in [0.2, 0.25) is 0 Å². The van der Waals surface area contributed by atoms with E-state index in [0.29, 0.717) is 0 Å². The molecule has 2 heterocycles. The molecule has 0 unspecified atom stereocenters. The van der Waals surface area contributed by atoms with Crippen LogP contribution < -0.4 is 15.0 Å². The minimum Gasteiger partial charge on any atom is -0.497 e. The van der Waals surface area contributed by atoms with E-state index >= 15 is 0 Å². The predicted molar refractivity (Wildman–Crippen MR) is 100 cm³/mol. The monoisotopic (exact) mass is 342 g/mol.